The maximum Gasteiger partial charge on any atom is 0.123 e. The van der Waals surface area contributed by atoms with Crippen molar-refractivity contribution in [3.05, 3.63) is 76.9 Å². The fourth-order valence-electron chi connectivity index (χ4n) is 7.04. The van der Waals surface area contributed by atoms with Crippen LogP contribution >= 0.6 is 0 Å². The van der Waals surface area contributed by atoms with Crippen molar-refractivity contribution < 1.29 is 18.6 Å². The van der Waals surface area contributed by atoms with Crippen LogP contribution in [0.1, 0.15) is 74.4 Å². The van der Waals surface area contributed by atoms with Crippen molar-refractivity contribution in [2.75, 3.05) is 37.8 Å². The first-order chi connectivity index (χ1) is 20.5. The zero-order chi connectivity index (χ0) is 28.9. The van der Waals surface area contributed by atoms with Crippen molar-refractivity contribution in [3.63, 3.8) is 0 Å². The number of anilines is 1. The van der Waals surface area contributed by atoms with Crippen molar-refractivity contribution in [2.45, 2.75) is 84.3 Å². The lowest BCUT2D eigenvalue weighted by atomic mass is 9.63. The molecule has 1 saturated carbocycles. The molecule has 6 heteroatoms. The summed E-state index contributed by atoms with van der Waals surface area (Å²) in [5, 5.41) is 0. The van der Waals surface area contributed by atoms with Crippen molar-refractivity contribution in [3.8, 4) is 16.9 Å². The second-order valence-corrected chi connectivity index (χ2v) is 12.4. The monoisotopic (exact) mass is 572 g/mol. The third-order valence-electron chi connectivity index (χ3n) is 9.80. The van der Waals surface area contributed by atoms with Crippen molar-refractivity contribution >= 4 is 5.69 Å². The van der Waals surface area contributed by atoms with Crippen LogP contribution in [0, 0.1) is 18.2 Å². The average molecular weight is 573 g/mol. The maximum absolute atomic E-state index is 13.2. The highest BCUT2D eigenvalue weighted by Crippen LogP contribution is 2.50. The van der Waals surface area contributed by atoms with Gasteiger partial charge in [-0.05, 0) is 98.2 Å². The number of benzene rings is 2. The number of hydrogen-bond donors (Lipinski definition) is 0. The molecule has 0 amide bonds. The molecular weight excluding hydrogens is 527 g/mol. The second-order valence-electron chi connectivity index (χ2n) is 12.4. The Hall–Kier alpha value is -2.96. The van der Waals surface area contributed by atoms with Gasteiger partial charge < -0.3 is 19.1 Å². The Morgan fingerprint density at radius 3 is 2.33 bits per heavy atom. The van der Waals surface area contributed by atoms with Crippen LogP contribution in [0.5, 0.6) is 5.75 Å². The van der Waals surface area contributed by atoms with Gasteiger partial charge in [-0.3, -0.25) is 4.98 Å². The van der Waals surface area contributed by atoms with Gasteiger partial charge in [0.05, 0.1) is 30.7 Å². The molecule has 3 fully saturated rings. The van der Waals surface area contributed by atoms with Gasteiger partial charge in [0.1, 0.15) is 11.6 Å². The van der Waals surface area contributed by atoms with E-state index >= 15 is 0 Å². The van der Waals surface area contributed by atoms with E-state index in [2.05, 4.69) is 43.0 Å². The number of halogens is 1. The smallest absolute Gasteiger partial charge is 0.123 e. The van der Waals surface area contributed by atoms with Crippen molar-refractivity contribution in [1.82, 2.24) is 4.98 Å². The third kappa shape index (κ3) is 6.50. The number of hydrogen-bond acceptors (Lipinski definition) is 5. The molecule has 1 aromatic heterocycles. The lowest BCUT2D eigenvalue weighted by molar-refractivity contribution is -0.0398. The number of rotatable bonds is 10. The lowest BCUT2D eigenvalue weighted by Crippen LogP contribution is -2.44. The molecule has 0 radical (unpaired) electrons. The quantitative estimate of drug-likeness (QED) is 0.248. The summed E-state index contributed by atoms with van der Waals surface area (Å²) in [7, 11) is 0. The van der Waals surface area contributed by atoms with E-state index in [1.165, 1.54) is 61.1 Å². The van der Waals surface area contributed by atoms with E-state index in [0.717, 1.165) is 80.3 Å². The van der Waals surface area contributed by atoms with E-state index in [-0.39, 0.29) is 11.9 Å². The molecule has 2 saturated heterocycles. The molecule has 1 spiro atoms. The number of nitrogens with zero attached hydrogens (tertiary/aromatic N) is 2. The van der Waals surface area contributed by atoms with Gasteiger partial charge in [0, 0.05) is 44.0 Å². The summed E-state index contributed by atoms with van der Waals surface area (Å²) in [6, 6.07) is 15.1. The normalized spacial score (nSPS) is 18.7. The maximum atomic E-state index is 13.2. The topological polar surface area (TPSA) is 43.8 Å². The minimum absolute atomic E-state index is 0.212. The fraction of sp³-hybridized carbons (Fsp3) is 0.528. The molecule has 42 heavy (non-hydrogen) atoms. The van der Waals surface area contributed by atoms with E-state index in [4.69, 9.17) is 19.2 Å². The van der Waals surface area contributed by atoms with Crippen LogP contribution in [0.2, 0.25) is 0 Å². The highest BCUT2D eigenvalue weighted by molar-refractivity contribution is 5.84. The zero-order valence-electron chi connectivity index (χ0n) is 25.3. The van der Waals surface area contributed by atoms with Crippen LogP contribution in [0.4, 0.5) is 10.1 Å². The van der Waals surface area contributed by atoms with Gasteiger partial charge in [0.25, 0.3) is 0 Å². The Balaban J connectivity index is 1.27. The Bertz CT molecular complexity index is 1320. The van der Waals surface area contributed by atoms with Gasteiger partial charge in [0.15, 0.2) is 0 Å². The summed E-state index contributed by atoms with van der Waals surface area (Å²) >= 11 is 0. The minimum atomic E-state index is -0.212. The number of aromatic nitrogens is 1. The first-order valence-electron chi connectivity index (χ1n) is 16.0. The highest BCUT2D eigenvalue weighted by Gasteiger charge is 2.40. The largest absolute Gasteiger partial charge is 0.493 e. The molecule has 0 atom stereocenters. The summed E-state index contributed by atoms with van der Waals surface area (Å²) in [6.07, 6.45) is 10.5. The van der Waals surface area contributed by atoms with E-state index in [1.807, 2.05) is 12.1 Å². The predicted octanol–water partition coefficient (Wildman–Crippen LogP) is 7.85. The van der Waals surface area contributed by atoms with Crippen LogP contribution in [-0.4, -0.2) is 44.0 Å². The lowest BCUT2D eigenvalue weighted by Gasteiger charge is -2.49. The molecule has 3 heterocycles. The zero-order valence-corrected chi connectivity index (χ0v) is 25.3. The van der Waals surface area contributed by atoms with Crippen LogP contribution in [0.25, 0.3) is 11.1 Å². The van der Waals surface area contributed by atoms with Gasteiger partial charge in [-0.2, -0.15) is 0 Å². The SMILES string of the molecule is CCc1c(C)nc(COC2CCOCC2)c(-c2ccc(OCCc3ccc(F)cc3)cc2)c1N1CCC2(CCC2)CC1. The molecule has 6 rings (SSSR count). The number of pyridine rings is 1. The van der Waals surface area contributed by atoms with Gasteiger partial charge in [0.2, 0.25) is 0 Å². The van der Waals surface area contributed by atoms with Crippen LogP contribution in [0.3, 0.4) is 0 Å². The summed E-state index contributed by atoms with van der Waals surface area (Å²) in [5.41, 5.74) is 8.88. The van der Waals surface area contributed by atoms with Gasteiger partial charge in [-0.25, -0.2) is 4.39 Å². The van der Waals surface area contributed by atoms with Crippen LogP contribution in [0.15, 0.2) is 48.5 Å². The number of piperidine rings is 1. The summed E-state index contributed by atoms with van der Waals surface area (Å²) in [6.45, 7) is 9.21. The first kappa shape index (κ1) is 29.1. The number of ether oxygens (including phenoxy) is 3. The van der Waals surface area contributed by atoms with E-state index in [0.29, 0.717) is 18.6 Å². The Kier molecular flexibility index (Phi) is 9.11. The predicted molar refractivity (Wildman–Crippen MR) is 166 cm³/mol. The number of aryl methyl sites for hydroxylation is 1. The molecule has 0 bridgehead atoms. The average Bonchev–Trinajstić information content (AvgIpc) is 3.01. The van der Waals surface area contributed by atoms with Gasteiger partial charge in [-0.1, -0.05) is 37.6 Å². The van der Waals surface area contributed by atoms with E-state index < -0.39 is 0 Å². The van der Waals surface area contributed by atoms with E-state index in [1.54, 1.807) is 0 Å². The molecule has 5 nitrogen and oxygen atoms in total. The molecular formula is C36H45FN2O3. The van der Waals surface area contributed by atoms with Crippen LogP contribution in [-0.2, 0) is 28.9 Å². The Morgan fingerprint density at radius 1 is 0.976 bits per heavy atom. The first-order valence-corrected chi connectivity index (χ1v) is 16.0. The molecule has 0 N–H and O–H groups in total. The molecule has 0 unspecified atom stereocenters. The molecule has 1 aliphatic carbocycles. The molecule has 2 aliphatic heterocycles. The minimum Gasteiger partial charge on any atom is -0.493 e. The summed E-state index contributed by atoms with van der Waals surface area (Å²) in [4.78, 5) is 7.84. The molecule has 3 aliphatic rings. The Morgan fingerprint density at radius 2 is 1.69 bits per heavy atom. The second kappa shape index (κ2) is 13.1. The molecule has 2 aromatic carbocycles. The van der Waals surface area contributed by atoms with Gasteiger partial charge >= 0.3 is 0 Å². The Labute approximate surface area is 250 Å². The standard InChI is InChI=1S/C36H45FN2O3/c1-3-32-26(2)38-33(25-42-31-14-22-40-23-15-31)34(35(32)39-20-18-36(19-21-39)16-4-17-36)28-7-11-30(12-8-28)41-24-13-27-5-9-29(37)10-6-27/h5-12,31H,3-4,13-25H2,1-2H3. The summed E-state index contributed by atoms with van der Waals surface area (Å²) in [5.74, 6) is 0.624. The summed E-state index contributed by atoms with van der Waals surface area (Å²) < 4.78 is 31.4. The van der Waals surface area contributed by atoms with Crippen LogP contribution < -0.4 is 9.64 Å². The van der Waals surface area contributed by atoms with Gasteiger partial charge in [-0.15, -0.1) is 0 Å². The molecule has 3 aromatic rings. The third-order valence-corrected chi connectivity index (χ3v) is 9.80. The highest BCUT2D eigenvalue weighted by atomic mass is 19.1. The van der Waals surface area contributed by atoms with E-state index in [9.17, 15) is 4.39 Å². The van der Waals surface area contributed by atoms with Crippen molar-refractivity contribution in [1.29, 1.82) is 0 Å². The van der Waals surface area contributed by atoms with Crippen molar-refractivity contribution in [2.24, 2.45) is 5.41 Å². The molecule has 224 valence electrons. The fourth-order valence-corrected chi connectivity index (χ4v) is 7.04.